The van der Waals surface area contributed by atoms with E-state index in [9.17, 15) is 14.0 Å². The molecule has 3 aromatic carbocycles. The first-order valence-electron chi connectivity index (χ1n) is 12.1. The van der Waals surface area contributed by atoms with Crippen molar-refractivity contribution >= 4 is 23.4 Å². The van der Waals surface area contributed by atoms with Crippen LogP contribution in [0, 0.1) is 5.82 Å². The van der Waals surface area contributed by atoms with Crippen LogP contribution in [-0.4, -0.2) is 35.4 Å². The molecule has 0 aliphatic heterocycles. The Hall–Kier alpha value is -3.38. The van der Waals surface area contributed by atoms with E-state index in [2.05, 4.69) is 5.32 Å². The van der Waals surface area contributed by atoms with E-state index in [4.69, 9.17) is 16.3 Å². The normalized spacial score (nSPS) is 11.7. The summed E-state index contributed by atoms with van der Waals surface area (Å²) in [7, 11) is 0. The van der Waals surface area contributed by atoms with Crippen LogP contribution in [0.3, 0.4) is 0 Å². The highest BCUT2D eigenvalue weighted by molar-refractivity contribution is 6.30. The number of rotatable bonds is 12. The fourth-order valence-electron chi connectivity index (χ4n) is 3.81. The summed E-state index contributed by atoms with van der Waals surface area (Å²) in [5, 5.41) is 3.58. The molecular weight excluding hydrogens is 479 g/mol. The minimum absolute atomic E-state index is 0.0775. The first-order valence-corrected chi connectivity index (χ1v) is 12.5. The molecule has 3 rings (SSSR count). The molecule has 1 atom stereocenters. The van der Waals surface area contributed by atoms with Gasteiger partial charge < -0.3 is 15.0 Å². The molecule has 0 fully saturated rings. The molecule has 36 heavy (non-hydrogen) atoms. The number of ether oxygens (including phenoxy) is 1. The summed E-state index contributed by atoms with van der Waals surface area (Å²) in [4.78, 5) is 28.4. The number of nitrogens with zero attached hydrogens (tertiary/aromatic N) is 1. The molecule has 190 valence electrons. The highest BCUT2D eigenvalue weighted by Gasteiger charge is 2.30. The minimum atomic E-state index is -0.718. The molecule has 2 amide bonds. The molecule has 0 aliphatic carbocycles. The molecule has 0 saturated carbocycles. The van der Waals surface area contributed by atoms with Gasteiger partial charge in [-0.25, -0.2) is 4.39 Å². The quantitative estimate of drug-likeness (QED) is 0.313. The van der Waals surface area contributed by atoms with Crippen molar-refractivity contribution < 1.29 is 18.7 Å². The maximum Gasteiger partial charge on any atom is 0.243 e. The van der Waals surface area contributed by atoms with E-state index >= 15 is 0 Å². The standard InChI is InChI=1S/C29H32ClFN2O3/c1-21(2)32-29(35)27(19-22-7-4-3-5-8-22)33(20-23-10-14-25(31)15-11-23)28(34)9-6-18-36-26-16-12-24(30)13-17-26/h3-5,7-8,10-17,21,27H,6,9,18-20H2,1-2H3,(H,32,35). The first-order chi connectivity index (χ1) is 17.3. The second kappa shape index (κ2) is 13.6. The van der Waals surface area contributed by atoms with Gasteiger partial charge in [0.1, 0.15) is 17.6 Å². The summed E-state index contributed by atoms with van der Waals surface area (Å²) in [6.07, 6.45) is 1.05. The Morgan fingerprint density at radius 2 is 1.61 bits per heavy atom. The second-order valence-electron chi connectivity index (χ2n) is 8.92. The molecular formula is C29H32ClFN2O3. The Labute approximate surface area is 217 Å². The lowest BCUT2D eigenvalue weighted by Crippen LogP contribution is -2.51. The zero-order valence-corrected chi connectivity index (χ0v) is 21.4. The van der Waals surface area contributed by atoms with Crippen molar-refractivity contribution in [2.45, 2.75) is 51.7 Å². The fourth-order valence-corrected chi connectivity index (χ4v) is 3.94. The molecule has 0 saturated heterocycles. The molecule has 5 nitrogen and oxygen atoms in total. The van der Waals surface area contributed by atoms with Crippen LogP contribution >= 0.6 is 11.6 Å². The van der Waals surface area contributed by atoms with Crippen molar-refractivity contribution in [3.05, 3.63) is 101 Å². The Balaban J connectivity index is 1.77. The van der Waals surface area contributed by atoms with E-state index in [0.717, 1.165) is 11.1 Å². The average molecular weight is 511 g/mol. The smallest absolute Gasteiger partial charge is 0.243 e. The number of carbonyl (C=O) groups is 2. The van der Waals surface area contributed by atoms with Crippen LogP contribution in [0.5, 0.6) is 5.75 Å². The molecule has 0 aromatic heterocycles. The Morgan fingerprint density at radius 1 is 0.944 bits per heavy atom. The SMILES string of the molecule is CC(C)NC(=O)C(Cc1ccccc1)N(Cc1ccc(F)cc1)C(=O)CCCOc1ccc(Cl)cc1. The Morgan fingerprint density at radius 3 is 2.25 bits per heavy atom. The van der Waals surface area contributed by atoms with Crippen molar-refractivity contribution in [2.24, 2.45) is 0 Å². The monoisotopic (exact) mass is 510 g/mol. The number of nitrogens with one attached hydrogen (secondary N) is 1. The van der Waals surface area contributed by atoms with Crippen molar-refractivity contribution in [1.29, 1.82) is 0 Å². The van der Waals surface area contributed by atoms with Gasteiger partial charge >= 0.3 is 0 Å². The van der Waals surface area contributed by atoms with E-state index in [1.165, 1.54) is 12.1 Å². The lowest BCUT2D eigenvalue weighted by atomic mass is 10.0. The maximum absolute atomic E-state index is 13.5. The van der Waals surface area contributed by atoms with Crippen LogP contribution in [0.15, 0.2) is 78.9 Å². The summed E-state index contributed by atoms with van der Waals surface area (Å²) < 4.78 is 19.2. The summed E-state index contributed by atoms with van der Waals surface area (Å²) in [6.45, 7) is 4.31. The summed E-state index contributed by atoms with van der Waals surface area (Å²) in [6, 6.07) is 21.8. The van der Waals surface area contributed by atoms with Gasteiger partial charge in [0.15, 0.2) is 0 Å². The molecule has 1 N–H and O–H groups in total. The minimum Gasteiger partial charge on any atom is -0.494 e. The molecule has 0 spiro atoms. The van der Waals surface area contributed by atoms with E-state index in [1.54, 1.807) is 41.3 Å². The van der Waals surface area contributed by atoms with Gasteiger partial charge in [0, 0.05) is 30.5 Å². The van der Waals surface area contributed by atoms with E-state index in [0.29, 0.717) is 30.2 Å². The van der Waals surface area contributed by atoms with Gasteiger partial charge in [0.25, 0.3) is 0 Å². The van der Waals surface area contributed by atoms with Gasteiger partial charge in [0.2, 0.25) is 11.8 Å². The van der Waals surface area contributed by atoms with Gasteiger partial charge in [-0.1, -0.05) is 54.1 Å². The number of hydrogen-bond acceptors (Lipinski definition) is 3. The fraction of sp³-hybridized carbons (Fsp3) is 0.310. The summed E-state index contributed by atoms with van der Waals surface area (Å²) in [5.41, 5.74) is 1.70. The number of halogens is 2. The zero-order chi connectivity index (χ0) is 25.9. The van der Waals surface area contributed by atoms with Crippen molar-refractivity contribution in [1.82, 2.24) is 10.2 Å². The van der Waals surface area contributed by atoms with Gasteiger partial charge in [0.05, 0.1) is 6.61 Å². The third-order valence-electron chi connectivity index (χ3n) is 5.59. The molecule has 0 radical (unpaired) electrons. The molecule has 0 heterocycles. The Bertz CT molecular complexity index is 1110. The lowest BCUT2D eigenvalue weighted by Gasteiger charge is -2.32. The van der Waals surface area contributed by atoms with Crippen molar-refractivity contribution in [3.63, 3.8) is 0 Å². The molecule has 7 heteroatoms. The number of benzene rings is 3. The third-order valence-corrected chi connectivity index (χ3v) is 5.84. The van der Waals surface area contributed by atoms with Crippen molar-refractivity contribution in [2.75, 3.05) is 6.61 Å². The second-order valence-corrected chi connectivity index (χ2v) is 9.36. The van der Waals surface area contributed by atoms with Gasteiger partial charge in [-0.2, -0.15) is 0 Å². The van der Waals surface area contributed by atoms with Crippen LogP contribution in [0.25, 0.3) is 0 Å². The first kappa shape index (κ1) is 27.2. The van der Waals surface area contributed by atoms with E-state index in [-0.39, 0.29) is 36.6 Å². The lowest BCUT2D eigenvalue weighted by molar-refractivity contribution is -0.141. The zero-order valence-electron chi connectivity index (χ0n) is 20.6. The van der Waals surface area contributed by atoms with Crippen molar-refractivity contribution in [3.8, 4) is 5.75 Å². The maximum atomic E-state index is 13.5. The molecule has 1 unspecified atom stereocenters. The topological polar surface area (TPSA) is 58.6 Å². The van der Waals surface area contributed by atoms with Crippen LogP contribution in [0.2, 0.25) is 5.02 Å². The largest absolute Gasteiger partial charge is 0.494 e. The van der Waals surface area contributed by atoms with Gasteiger partial charge in [-0.15, -0.1) is 0 Å². The number of amides is 2. The van der Waals surface area contributed by atoms with Crippen LogP contribution < -0.4 is 10.1 Å². The number of carbonyl (C=O) groups excluding carboxylic acids is 2. The van der Waals surface area contributed by atoms with Crippen LogP contribution in [0.1, 0.15) is 37.8 Å². The average Bonchev–Trinajstić information content (AvgIpc) is 2.86. The number of hydrogen-bond donors (Lipinski definition) is 1. The molecule has 3 aromatic rings. The van der Waals surface area contributed by atoms with Crippen LogP contribution in [0.4, 0.5) is 4.39 Å². The summed E-state index contributed by atoms with van der Waals surface area (Å²) >= 11 is 5.91. The highest BCUT2D eigenvalue weighted by atomic mass is 35.5. The van der Waals surface area contributed by atoms with E-state index < -0.39 is 6.04 Å². The van der Waals surface area contributed by atoms with E-state index in [1.807, 2.05) is 44.2 Å². The third kappa shape index (κ3) is 8.68. The Kier molecular flexibility index (Phi) is 10.3. The summed E-state index contributed by atoms with van der Waals surface area (Å²) in [5.74, 6) is -0.0664. The highest BCUT2D eigenvalue weighted by Crippen LogP contribution is 2.18. The van der Waals surface area contributed by atoms with Gasteiger partial charge in [-0.05, 0) is 67.8 Å². The predicted octanol–water partition coefficient (Wildman–Crippen LogP) is 5.80. The molecule has 0 aliphatic rings. The molecule has 0 bridgehead atoms. The van der Waals surface area contributed by atoms with Crippen LogP contribution in [-0.2, 0) is 22.6 Å². The predicted molar refractivity (Wildman–Crippen MR) is 140 cm³/mol. The van der Waals surface area contributed by atoms with Gasteiger partial charge in [-0.3, -0.25) is 9.59 Å².